The highest BCUT2D eigenvalue weighted by molar-refractivity contribution is 5.96. The summed E-state index contributed by atoms with van der Waals surface area (Å²) in [6.07, 6.45) is -0.147. The number of aliphatic hydroxyl groups is 4. The molecule has 8 N–H and O–H groups in total. The van der Waals surface area contributed by atoms with Gasteiger partial charge in [-0.3, -0.25) is 29.6 Å². The fourth-order valence-corrected chi connectivity index (χ4v) is 3.71. The molecule has 14 heteroatoms. The Bertz CT molecular complexity index is 699. The fourth-order valence-electron chi connectivity index (χ4n) is 3.71. The second-order valence-corrected chi connectivity index (χ2v) is 9.74. The van der Waals surface area contributed by atoms with Gasteiger partial charge >= 0.3 is 0 Å². The highest BCUT2D eigenvalue weighted by Gasteiger charge is 2.34. The third kappa shape index (κ3) is 11.1. The SMILES string of the molecule is C[C@](O)(CCO)CC(=O)N(O)CCC[C@@H]1NC(=O)[C@H](CCCN(O)C(=O)C[C@@](C)(O)CCO)NC1=O. The van der Waals surface area contributed by atoms with Gasteiger partial charge in [0, 0.05) is 26.3 Å². The molecule has 1 fully saturated rings. The largest absolute Gasteiger partial charge is 0.396 e. The van der Waals surface area contributed by atoms with Crippen LogP contribution >= 0.6 is 0 Å². The van der Waals surface area contributed by atoms with E-state index in [2.05, 4.69) is 10.6 Å². The van der Waals surface area contributed by atoms with E-state index in [9.17, 15) is 39.8 Å². The maximum atomic E-state index is 12.4. The van der Waals surface area contributed by atoms with E-state index in [1.54, 1.807) is 0 Å². The van der Waals surface area contributed by atoms with Crippen molar-refractivity contribution in [1.82, 2.24) is 20.8 Å². The molecule has 4 atom stereocenters. The molecule has 0 unspecified atom stereocenters. The van der Waals surface area contributed by atoms with Crippen molar-refractivity contribution in [1.29, 1.82) is 0 Å². The predicted octanol–water partition coefficient (Wildman–Crippen LogP) is -1.99. The van der Waals surface area contributed by atoms with Gasteiger partial charge in [0.1, 0.15) is 12.1 Å². The zero-order valence-electron chi connectivity index (χ0n) is 20.9. The number of nitrogens with zero attached hydrogens (tertiary/aromatic N) is 2. The Labute approximate surface area is 209 Å². The first-order valence-corrected chi connectivity index (χ1v) is 12.0. The summed E-state index contributed by atoms with van der Waals surface area (Å²) < 4.78 is 0. The molecule has 14 nitrogen and oxygen atoms in total. The molecule has 0 aromatic heterocycles. The summed E-state index contributed by atoms with van der Waals surface area (Å²) in [7, 11) is 0. The molecular formula is C22H40N4O10. The molecule has 0 radical (unpaired) electrons. The number of piperazine rings is 1. The Morgan fingerprint density at radius 1 is 0.778 bits per heavy atom. The van der Waals surface area contributed by atoms with Crippen LogP contribution in [0.2, 0.25) is 0 Å². The summed E-state index contributed by atoms with van der Waals surface area (Å²) >= 11 is 0. The predicted molar refractivity (Wildman–Crippen MR) is 123 cm³/mol. The average Bonchev–Trinajstić information content (AvgIpc) is 2.75. The number of hydrogen-bond acceptors (Lipinski definition) is 10. The van der Waals surface area contributed by atoms with E-state index < -0.39 is 46.9 Å². The number of amides is 4. The van der Waals surface area contributed by atoms with E-state index in [1.165, 1.54) is 13.8 Å². The topological polar surface area (TPSA) is 220 Å². The number of aliphatic hydroxyl groups excluding tert-OH is 2. The normalized spacial score (nSPS) is 21.1. The highest BCUT2D eigenvalue weighted by atomic mass is 16.5. The van der Waals surface area contributed by atoms with Crippen LogP contribution in [-0.4, -0.2) is 114 Å². The zero-order chi connectivity index (χ0) is 27.5. The first-order valence-electron chi connectivity index (χ1n) is 12.0. The summed E-state index contributed by atoms with van der Waals surface area (Å²) in [5.74, 6) is -2.37. The quantitative estimate of drug-likeness (QED) is 0.0827. The Morgan fingerprint density at radius 3 is 1.42 bits per heavy atom. The molecular weight excluding hydrogens is 480 g/mol. The van der Waals surface area contributed by atoms with Crippen molar-refractivity contribution in [2.75, 3.05) is 26.3 Å². The smallest absolute Gasteiger partial charge is 0.248 e. The van der Waals surface area contributed by atoms with Crippen LogP contribution in [0.25, 0.3) is 0 Å². The van der Waals surface area contributed by atoms with Crippen LogP contribution in [0.4, 0.5) is 0 Å². The lowest BCUT2D eigenvalue weighted by molar-refractivity contribution is -0.171. The Kier molecular flexibility index (Phi) is 12.7. The van der Waals surface area contributed by atoms with E-state index in [0.29, 0.717) is 10.1 Å². The molecule has 1 aliphatic rings. The van der Waals surface area contributed by atoms with Gasteiger partial charge in [-0.25, -0.2) is 10.1 Å². The number of carbonyl (C=O) groups is 4. The van der Waals surface area contributed by atoms with Crippen LogP contribution in [0.3, 0.4) is 0 Å². The maximum absolute atomic E-state index is 12.4. The second kappa shape index (κ2) is 14.4. The molecule has 1 aliphatic heterocycles. The van der Waals surface area contributed by atoms with Crippen molar-refractivity contribution >= 4 is 23.6 Å². The molecule has 1 rings (SSSR count). The van der Waals surface area contributed by atoms with Gasteiger partial charge in [-0.05, 0) is 52.4 Å². The first-order chi connectivity index (χ1) is 16.7. The zero-order valence-corrected chi connectivity index (χ0v) is 20.9. The summed E-state index contributed by atoms with van der Waals surface area (Å²) in [6, 6.07) is -1.72. The molecule has 0 aliphatic carbocycles. The number of rotatable bonds is 16. The van der Waals surface area contributed by atoms with E-state index in [1.807, 2.05) is 0 Å². The lowest BCUT2D eigenvalue weighted by atomic mass is 9.98. The van der Waals surface area contributed by atoms with Gasteiger partial charge in [0.05, 0.1) is 24.0 Å². The van der Waals surface area contributed by atoms with Gasteiger partial charge < -0.3 is 31.1 Å². The van der Waals surface area contributed by atoms with Crippen molar-refractivity contribution in [3.63, 3.8) is 0 Å². The molecule has 0 aromatic carbocycles. The van der Waals surface area contributed by atoms with Crippen LogP contribution in [0, 0.1) is 0 Å². The molecule has 208 valence electrons. The van der Waals surface area contributed by atoms with E-state index in [0.717, 1.165) is 0 Å². The second-order valence-electron chi connectivity index (χ2n) is 9.74. The summed E-state index contributed by atoms with van der Waals surface area (Å²) in [5, 5.41) is 63.4. The standard InChI is InChI=1S/C22H40N4O10/c1-21(33,7-11-27)13-17(29)25(35)9-3-5-15-19(31)24-16(20(32)23-15)6-4-10-26(36)18(30)14-22(2,34)8-12-28/h15-16,27-28,33-36H,3-14H2,1-2H3,(H,23,32)(H,24,31)/t15-,16-,21-,22-/m0/s1. The number of hydrogen-bond donors (Lipinski definition) is 8. The van der Waals surface area contributed by atoms with Gasteiger partial charge in [0.25, 0.3) is 0 Å². The molecule has 4 amide bonds. The van der Waals surface area contributed by atoms with Crippen molar-refractivity contribution < 1.29 is 50.0 Å². The van der Waals surface area contributed by atoms with Crippen molar-refractivity contribution in [2.45, 2.75) is 88.5 Å². The highest BCUT2D eigenvalue weighted by Crippen LogP contribution is 2.17. The van der Waals surface area contributed by atoms with Crippen LogP contribution in [0.5, 0.6) is 0 Å². The van der Waals surface area contributed by atoms with Crippen LogP contribution in [-0.2, 0) is 19.2 Å². The van der Waals surface area contributed by atoms with Gasteiger partial charge in [-0.2, -0.15) is 0 Å². The van der Waals surface area contributed by atoms with Crippen molar-refractivity contribution in [3.05, 3.63) is 0 Å². The average molecular weight is 521 g/mol. The summed E-state index contributed by atoms with van der Waals surface area (Å²) in [5.41, 5.74) is -2.92. The lowest BCUT2D eigenvalue weighted by Gasteiger charge is -2.30. The van der Waals surface area contributed by atoms with Gasteiger partial charge in [0.2, 0.25) is 23.6 Å². The van der Waals surface area contributed by atoms with E-state index >= 15 is 0 Å². The Hall–Kier alpha value is -2.36. The minimum absolute atomic E-state index is 0.0264. The number of nitrogens with one attached hydrogen (secondary N) is 2. The molecule has 0 saturated carbocycles. The van der Waals surface area contributed by atoms with Crippen LogP contribution in [0.1, 0.15) is 65.2 Å². The monoisotopic (exact) mass is 520 g/mol. The Balaban J connectivity index is 2.39. The number of carbonyl (C=O) groups excluding carboxylic acids is 4. The molecule has 0 spiro atoms. The fraction of sp³-hybridized carbons (Fsp3) is 0.818. The lowest BCUT2D eigenvalue weighted by Crippen LogP contribution is -2.61. The third-order valence-electron chi connectivity index (χ3n) is 5.93. The maximum Gasteiger partial charge on any atom is 0.248 e. The minimum atomic E-state index is -1.46. The Morgan fingerprint density at radius 2 is 1.11 bits per heavy atom. The molecule has 1 saturated heterocycles. The van der Waals surface area contributed by atoms with Crippen LogP contribution < -0.4 is 10.6 Å². The van der Waals surface area contributed by atoms with E-state index in [-0.39, 0.29) is 77.7 Å². The van der Waals surface area contributed by atoms with Gasteiger partial charge in [-0.1, -0.05) is 0 Å². The summed E-state index contributed by atoms with van der Waals surface area (Å²) in [4.78, 5) is 48.7. The molecule has 36 heavy (non-hydrogen) atoms. The van der Waals surface area contributed by atoms with Crippen LogP contribution in [0.15, 0.2) is 0 Å². The molecule has 1 heterocycles. The third-order valence-corrected chi connectivity index (χ3v) is 5.93. The van der Waals surface area contributed by atoms with Gasteiger partial charge in [-0.15, -0.1) is 0 Å². The molecule has 0 bridgehead atoms. The summed E-state index contributed by atoms with van der Waals surface area (Å²) in [6.45, 7) is 1.87. The van der Waals surface area contributed by atoms with Gasteiger partial charge in [0.15, 0.2) is 0 Å². The van der Waals surface area contributed by atoms with Crippen molar-refractivity contribution in [2.24, 2.45) is 0 Å². The first kappa shape index (κ1) is 31.7. The van der Waals surface area contributed by atoms with E-state index in [4.69, 9.17) is 10.2 Å². The number of hydroxylamine groups is 4. The van der Waals surface area contributed by atoms with Crippen molar-refractivity contribution in [3.8, 4) is 0 Å². The molecule has 0 aromatic rings. The minimum Gasteiger partial charge on any atom is -0.396 e.